The summed E-state index contributed by atoms with van der Waals surface area (Å²) in [4.78, 5) is 30.3. The number of hydrogen-bond acceptors (Lipinski definition) is 4. The third kappa shape index (κ3) is 5.80. The van der Waals surface area contributed by atoms with Crippen molar-refractivity contribution in [2.75, 3.05) is 17.2 Å². The SMILES string of the molecule is O=C(Nc1ccc2c(c1)nc(NC(=O)c1cccc(C(F)(F)F)c1)n2C1CCC(CO)CC1)c1ccccc1. The number of imidazole rings is 1. The first-order valence-electron chi connectivity index (χ1n) is 12.7. The number of fused-ring (bicyclic) bond motifs is 1. The van der Waals surface area contributed by atoms with Crippen LogP contribution < -0.4 is 10.6 Å². The molecule has 0 bridgehead atoms. The Morgan fingerprint density at radius 1 is 0.872 bits per heavy atom. The van der Waals surface area contributed by atoms with Crippen molar-refractivity contribution in [2.45, 2.75) is 37.9 Å². The third-order valence-electron chi connectivity index (χ3n) is 7.10. The molecule has 39 heavy (non-hydrogen) atoms. The van der Waals surface area contributed by atoms with E-state index in [-0.39, 0.29) is 36.0 Å². The van der Waals surface area contributed by atoms with Crippen LogP contribution in [-0.4, -0.2) is 33.1 Å². The van der Waals surface area contributed by atoms with Gasteiger partial charge in [0.15, 0.2) is 0 Å². The highest BCUT2D eigenvalue weighted by Crippen LogP contribution is 2.37. The van der Waals surface area contributed by atoms with Crippen molar-refractivity contribution in [3.05, 3.63) is 89.5 Å². The molecule has 3 aromatic carbocycles. The molecule has 0 aliphatic heterocycles. The smallest absolute Gasteiger partial charge is 0.396 e. The van der Waals surface area contributed by atoms with Crippen LogP contribution in [0.4, 0.5) is 24.8 Å². The molecule has 10 heteroatoms. The molecule has 1 aliphatic rings. The summed E-state index contributed by atoms with van der Waals surface area (Å²) in [5.41, 5.74) is 1.20. The summed E-state index contributed by atoms with van der Waals surface area (Å²) in [5, 5.41) is 15.1. The van der Waals surface area contributed by atoms with Gasteiger partial charge in [0, 0.05) is 29.5 Å². The van der Waals surface area contributed by atoms with Crippen molar-refractivity contribution in [1.82, 2.24) is 9.55 Å². The first-order chi connectivity index (χ1) is 18.7. The second kappa shape index (κ2) is 10.9. The van der Waals surface area contributed by atoms with Crippen LogP contribution in [0.25, 0.3) is 11.0 Å². The van der Waals surface area contributed by atoms with E-state index in [4.69, 9.17) is 0 Å². The maximum atomic E-state index is 13.2. The van der Waals surface area contributed by atoms with E-state index in [1.807, 2.05) is 10.6 Å². The Morgan fingerprint density at radius 2 is 1.56 bits per heavy atom. The zero-order valence-electron chi connectivity index (χ0n) is 20.9. The number of rotatable bonds is 6. The van der Waals surface area contributed by atoms with Crippen LogP contribution >= 0.6 is 0 Å². The molecule has 0 spiro atoms. The Balaban J connectivity index is 1.47. The third-order valence-corrected chi connectivity index (χ3v) is 7.10. The van der Waals surface area contributed by atoms with E-state index in [1.54, 1.807) is 42.5 Å². The van der Waals surface area contributed by atoms with Crippen LogP contribution in [0.2, 0.25) is 0 Å². The number of anilines is 2. The number of alkyl halides is 3. The molecule has 1 heterocycles. The molecule has 0 unspecified atom stereocenters. The van der Waals surface area contributed by atoms with Gasteiger partial charge in [-0.2, -0.15) is 13.2 Å². The van der Waals surface area contributed by atoms with Crippen molar-refractivity contribution in [3.63, 3.8) is 0 Å². The van der Waals surface area contributed by atoms with Crippen LogP contribution in [0.1, 0.15) is 58.0 Å². The molecular formula is C29H27F3N4O3. The highest BCUT2D eigenvalue weighted by atomic mass is 19.4. The molecule has 2 amide bonds. The van der Waals surface area contributed by atoms with Crippen LogP contribution in [0.5, 0.6) is 0 Å². The highest BCUT2D eigenvalue weighted by molar-refractivity contribution is 6.06. The summed E-state index contributed by atoms with van der Waals surface area (Å²) < 4.78 is 41.5. The number of aliphatic hydroxyl groups is 1. The molecule has 0 radical (unpaired) electrons. The molecule has 202 valence electrons. The van der Waals surface area contributed by atoms with E-state index in [9.17, 15) is 27.9 Å². The minimum atomic E-state index is -4.57. The van der Waals surface area contributed by atoms with Crippen LogP contribution in [-0.2, 0) is 6.18 Å². The molecule has 4 aromatic rings. The fourth-order valence-corrected chi connectivity index (χ4v) is 5.02. The van der Waals surface area contributed by atoms with Gasteiger partial charge in [0.2, 0.25) is 5.95 Å². The number of amides is 2. The molecular weight excluding hydrogens is 509 g/mol. The van der Waals surface area contributed by atoms with Gasteiger partial charge < -0.3 is 15.0 Å². The second-order valence-corrected chi connectivity index (χ2v) is 9.72. The molecule has 1 aliphatic carbocycles. The number of nitrogens with one attached hydrogen (secondary N) is 2. The molecule has 5 rings (SSSR count). The van der Waals surface area contributed by atoms with Crippen molar-refractivity contribution >= 4 is 34.5 Å². The van der Waals surface area contributed by atoms with Crippen LogP contribution in [0, 0.1) is 5.92 Å². The van der Waals surface area contributed by atoms with Crippen molar-refractivity contribution in [1.29, 1.82) is 0 Å². The predicted molar refractivity (Wildman–Crippen MR) is 142 cm³/mol. The minimum absolute atomic E-state index is 0.0284. The number of halogens is 3. The molecule has 7 nitrogen and oxygen atoms in total. The number of benzene rings is 3. The number of carbonyl (C=O) groups is 2. The lowest BCUT2D eigenvalue weighted by Gasteiger charge is -2.29. The average molecular weight is 537 g/mol. The summed E-state index contributed by atoms with van der Waals surface area (Å²) in [6.45, 7) is 0.112. The predicted octanol–water partition coefficient (Wildman–Crippen LogP) is 6.28. The fraction of sp³-hybridized carbons (Fsp3) is 0.276. The lowest BCUT2D eigenvalue weighted by molar-refractivity contribution is -0.137. The van der Waals surface area contributed by atoms with Crippen LogP contribution in [0.3, 0.4) is 0 Å². The van der Waals surface area contributed by atoms with Crippen molar-refractivity contribution in [3.8, 4) is 0 Å². The van der Waals surface area contributed by atoms with Gasteiger partial charge in [-0.15, -0.1) is 0 Å². The van der Waals surface area contributed by atoms with E-state index in [0.29, 0.717) is 16.8 Å². The summed E-state index contributed by atoms with van der Waals surface area (Å²) in [7, 11) is 0. The summed E-state index contributed by atoms with van der Waals surface area (Å²) in [5.74, 6) is -0.570. The number of aromatic nitrogens is 2. The Labute approximate surface area is 222 Å². The second-order valence-electron chi connectivity index (χ2n) is 9.72. The molecule has 0 saturated heterocycles. The Hall–Kier alpha value is -4.18. The van der Waals surface area contributed by atoms with Crippen molar-refractivity contribution < 1.29 is 27.9 Å². The number of aliphatic hydroxyl groups excluding tert-OH is 1. The Kier molecular flexibility index (Phi) is 7.38. The lowest BCUT2D eigenvalue weighted by Crippen LogP contribution is -2.23. The van der Waals surface area contributed by atoms with Crippen molar-refractivity contribution in [2.24, 2.45) is 5.92 Å². The summed E-state index contributed by atoms with van der Waals surface area (Å²) in [6.07, 6.45) is -1.49. The van der Waals surface area contributed by atoms with E-state index in [0.717, 1.165) is 43.3 Å². The van der Waals surface area contributed by atoms with Gasteiger partial charge >= 0.3 is 6.18 Å². The molecule has 1 saturated carbocycles. The molecule has 3 N–H and O–H groups in total. The van der Waals surface area contributed by atoms with E-state index >= 15 is 0 Å². The highest BCUT2D eigenvalue weighted by Gasteiger charge is 2.31. The topological polar surface area (TPSA) is 96.3 Å². The molecule has 1 fully saturated rings. The maximum absolute atomic E-state index is 13.2. The van der Waals surface area contributed by atoms with E-state index in [1.165, 1.54) is 12.1 Å². The monoisotopic (exact) mass is 536 g/mol. The summed E-state index contributed by atoms with van der Waals surface area (Å²) in [6, 6.07) is 18.2. The minimum Gasteiger partial charge on any atom is -0.396 e. The van der Waals surface area contributed by atoms with Gasteiger partial charge in [-0.05, 0) is 80.1 Å². The van der Waals surface area contributed by atoms with Gasteiger partial charge in [0.05, 0.1) is 16.6 Å². The number of nitrogens with zero attached hydrogens (tertiary/aromatic N) is 2. The molecule has 1 aromatic heterocycles. The standard InChI is InChI=1S/C29H27F3N4O3/c30-29(31,32)21-8-4-7-20(15-21)27(39)35-28-34-24-16-22(33-26(38)19-5-2-1-3-6-19)11-14-25(24)36(28)23-12-9-18(17-37)10-13-23/h1-8,11,14-16,18,23,37H,9-10,12-13,17H2,(H,33,38)(H,34,35,39). The first-order valence-corrected chi connectivity index (χ1v) is 12.7. The average Bonchev–Trinajstić information content (AvgIpc) is 3.30. The van der Waals surface area contributed by atoms with E-state index in [2.05, 4.69) is 15.6 Å². The number of hydrogen-bond donors (Lipinski definition) is 3. The van der Waals surface area contributed by atoms with E-state index < -0.39 is 17.6 Å². The summed E-state index contributed by atoms with van der Waals surface area (Å²) >= 11 is 0. The number of carbonyl (C=O) groups excluding carboxylic acids is 2. The van der Waals surface area contributed by atoms with Gasteiger partial charge in [0.1, 0.15) is 0 Å². The van der Waals surface area contributed by atoms with Gasteiger partial charge in [0.25, 0.3) is 11.8 Å². The first kappa shape index (κ1) is 26.4. The zero-order chi connectivity index (χ0) is 27.6. The quantitative estimate of drug-likeness (QED) is 0.270. The van der Waals surface area contributed by atoms with Crippen LogP contribution in [0.15, 0.2) is 72.8 Å². The lowest BCUT2D eigenvalue weighted by atomic mass is 9.86. The maximum Gasteiger partial charge on any atom is 0.416 e. The largest absolute Gasteiger partial charge is 0.416 e. The molecule has 0 atom stereocenters. The fourth-order valence-electron chi connectivity index (χ4n) is 5.02. The van der Waals surface area contributed by atoms with Gasteiger partial charge in [-0.25, -0.2) is 4.98 Å². The Bertz CT molecular complexity index is 1490. The Morgan fingerprint density at radius 3 is 2.26 bits per heavy atom. The van der Waals surface area contributed by atoms with Gasteiger partial charge in [-0.1, -0.05) is 24.3 Å². The van der Waals surface area contributed by atoms with Gasteiger partial charge in [-0.3, -0.25) is 14.9 Å². The normalized spacial score (nSPS) is 17.6. The zero-order valence-corrected chi connectivity index (χ0v) is 20.9.